The van der Waals surface area contributed by atoms with E-state index in [1.165, 1.54) is 14.9 Å². The largest absolute Gasteiger partial charge is 0.477 e. The number of fused-ring (bicyclic) bond motifs is 2. The Morgan fingerprint density at radius 3 is 2.41 bits per heavy atom. The van der Waals surface area contributed by atoms with E-state index in [9.17, 15) is 27.5 Å². The molecule has 0 bridgehead atoms. The fourth-order valence-electron chi connectivity index (χ4n) is 4.62. The molecule has 0 saturated heterocycles. The zero-order valence-electron chi connectivity index (χ0n) is 19.7. The third kappa shape index (κ3) is 4.32. The number of carboxylic acids is 1. The number of halogens is 2. The van der Waals surface area contributed by atoms with E-state index >= 15 is 4.39 Å². The Balaban J connectivity index is 1.55. The zero-order valence-corrected chi connectivity index (χ0v) is 20.6. The molecule has 2 heterocycles. The molecule has 1 aromatic heterocycles. The average molecular weight is 525 g/mol. The van der Waals surface area contributed by atoms with Gasteiger partial charge in [0.05, 0.1) is 17.0 Å². The number of aryl methyl sites for hydroxylation is 2. The van der Waals surface area contributed by atoms with Crippen molar-refractivity contribution in [1.82, 2.24) is 8.87 Å². The number of sulfonamides is 1. The van der Waals surface area contributed by atoms with Gasteiger partial charge in [0.2, 0.25) is 15.5 Å². The molecule has 10 heteroatoms. The molecule has 0 fully saturated rings. The lowest BCUT2D eigenvalue weighted by Crippen LogP contribution is -2.25. The number of hydrogen-bond donors (Lipinski definition) is 1. The Bertz CT molecular complexity index is 1730. The van der Waals surface area contributed by atoms with Crippen molar-refractivity contribution in [2.24, 2.45) is 0 Å². The predicted octanol–water partition coefficient (Wildman–Crippen LogP) is 4.49. The molecule has 37 heavy (non-hydrogen) atoms. The molecule has 4 aromatic rings. The summed E-state index contributed by atoms with van der Waals surface area (Å²) < 4.78 is 57.3. The highest BCUT2D eigenvalue weighted by Crippen LogP contribution is 2.34. The van der Waals surface area contributed by atoms with Crippen LogP contribution in [0.25, 0.3) is 22.0 Å². The maximum Gasteiger partial charge on any atom is 0.341 e. The van der Waals surface area contributed by atoms with Gasteiger partial charge in [-0.15, -0.1) is 0 Å². The molecule has 0 atom stereocenters. The van der Waals surface area contributed by atoms with Crippen LogP contribution in [-0.2, 0) is 29.7 Å². The summed E-state index contributed by atoms with van der Waals surface area (Å²) in [6, 6.07) is 14.1. The second kappa shape index (κ2) is 9.20. The van der Waals surface area contributed by atoms with Gasteiger partial charge in [0, 0.05) is 30.2 Å². The van der Waals surface area contributed by atoms with Gasteiger partial charge in [-0.25, -0.2) is 22.0 Å². The fourth-order valence-corrected chi connectivity index (χ4v) is 6.02. The van der Waals surface area contributed by atoms with Crippen molar-refractivity contribution in [3.05, 3.63) is 99.1 Å². The predicted molar refractivity (Wildman–Crippen MR) is 134 cm³/mol. The standard InChI is InChI=1S/C27H22F2N2O5S/c1-16-2-6-20(7-3-16)37(35,36)31-13-18-5-4-17(10-19(18)14-31)21-12-25-22(11-24(21)29)26(32)23(27(33)34)15-30(25)9-8-28/h2-7,10-12,15H,8-9,13-14H2,1H3,(H,33,34). The quantitative estimate of drug-likeness (QED) is 0.401. The molecule has 0 saturated carbocycles. The van der Waals surface area contributed by atoms with Crippen molar-refractivity contribution >= 4 is 26.9 Å². The summed E-state index contributed by atoms with van der Waals surface area (Å²) in [6.45, 7) is 1.15. The topological polar surface area (TPSA) is 96.7 Å². The van der Waals surface area contributed by atoms with Crippen LogP contribution in [0.5, 0.6) is 0 Å². The van der Waals surface area contributed by atoms with E-state index in [-0.39, 0.29) is 41.0 Å². The Kier molecular flexibility index (Phi) is 6.17. The number of nitrogens with zero attached hydrogens (tertiary/aromatic N) is 2. The van der Waals surface area contributed by atoms with E-state index < -0.39 is 39.5 Å². The summed E-state index contributed by atoms with van der Waals surface area (Å²) in [6.07, 6.45) is 1.06. The van der Waals surface area contributed by atoms with Crippen molar-refractivity contribution in [3.63, 3.8) is 0 Å². The normalized spacial score (nSPS) is 13.7. The first-order chi connectivity index (χ1) is 17.6. The van der Waals surface area contributed by atoms with Crippen LogP contribution in [0.15, 0.2) is 70.5 Å². The highest BCUT2D eigenvalue weighted by molar-refractivity contribution is 7.89. The van der Waals surface area contributed by atoms with Crippen molar-refractivity contribution < 1.29 is 27.1 Å². The van der Waals surface area contributed by atoms with Gasteiger partial charge in [0.15, 0.2) is 0 Å². The van der Waals surface area contributed by atoms with Crippen LogP contribution in [0.4, 0.5) is 8.78 Å². The van der Waals surface area contributed by atoms with Gasteiger partial charge in [-0.1, -0.05) is 29.8 Å². The number of alkyl halides is 1. The van der Waals surface area contributed by atoms with Gasteiger partial charge in [0.25, 0.3) is 0 Å². The Morgan fingerprint density at radius 2 is 1.73 bits per heavy atom. The Hall–Kier alpha value is -3.89. The molecular weight excluding hydrogens is 502 g/mol. The number of carboxylic acid groups (broad SMARTS) is 1. The summed E-state index contributed by atoms with van der Waals surface area (Å²) in [5, 5.41) is 9.16. The number of rotatable bonds is 6. The minimum absolute atomic E-state index is 0.114. The second-order valence-corrected chi connectivity index (χ2v) is 10.9. The Labute approximate surface area is 211 Å². The van der Waals surface area contributed by atoms with E-state index in [4.69, 9.17) is 0 Å². The molecule has 1 N–H and O–H groups in total. The minimum atomic E-state index is -3.73. The highest BCUT2D eigenvalue weighted by Gasteiger charge is 2.31. The Morgan fingerprint density at radius 1 is 1.03 bits per heavy atom. The fraction of sp³-hybridized carbons (Fsp3) is 0.185. The summed E-state index contributed by atoms with van der Waals surface area (Å²) in [5.41, 5.74) is 1.82. The lowest BCUT2D eigenvalue weighted by Gasteiger charge is -2.15. The zero-order chi connectivity index (χ0) is 26.5. The monoisotopic (exact) mass is 524 g/mol. The summed E-state index contributed by atoms with van der Waals surface area (Å²) in [7, 11) is -3.73. The third-order valence-corrected chi connectivity index (χ3v) is 8.40. The van der Waals surface area contributed by atoms with E-state index in [1.807, 2.05) is 6.92 Å². The molecule has 190 valence electrons. The summed E-state index contributed by atoms with van der Waals surface area (Å²) in [5.74, 6) is -2.23. The van der Waals surface area contributed by atoms with E-state index in [0.29, 0.717) is 5.56 Å². The number of hydrogen-bond acceptors (Lipinski definition) is 4. The summed E-state index contributed by atoms with van der Waals surface area (Å²) in [4.78, 5) is 24.3. The van der Waals surface area contributed by atoms with E-state index in [1.54, 1.807) is 42.5 Å². The molecule has 7 nitrogen and oxygen atoms in total. The molecule has 0 radical (unpaired) electrons. The first kappa shape index (κ1) is 24.8. The average Bonchev–Trinajstić information content (AvgIpc) is 3.30. The molecule has 0 unspecified atom stereocenters. The van der Waals surface area contributed by atoms with Crippen LogP contribution in [-0.4, -0.2) is 35.0 Å². The van der Waals surface area contributed by atoms with Crippen molar-refractivity contribution in [2.45, 2.75) is 31.5 Å². The number of aromatic nitrogens is 1. The van der Waals surface area contributed by atoms with Crippen molar-refractivity contribution in [2.75, 3.05) is 6.67 Å². The highest BCUT2D eigenvalue weighted by atomic mass is 32.2. The molecule has 0 spiro atoms. The molecule has 3 aromatic carbocycles. The molecule has 0 amide bonds. The van der Waals surface area contributed by atoms with Crippen LogP contribution >= 0.6 is 0 Å². The molecular formula is C27H22F2N2O5S. The number of benzene rings is 3. The molecule has 1 aliphatic rings. The molecule has 0 aliphatic carbocycles. The van der Waals surface area contributed by atoms with Gasteiger partial charge in [-0.05, 0) is 53.9 Å². The van der Waals surface area contributed by atoms with E-state index in [2.05, 4.69) is 0 Å². The lowest BCUT2D eigenvalue weighted by atomic mass is 9.98. The molecule has 1 aliphatic heterocycles. The first-order valence-electron chi connectivity index (χ1n) is 11.4. The number of pyridine rings is 1. The SMILES string of the molecule is Cc1ccc(S(=O)(=O)N2Cc3ccc(-c4cc5c(cc4F)c(=O)c(C(=O)O)cn5CCF)cc3C2)cc1. The van der Waals surface area contributed by atoms with Gasteiger partial charge in [-0.2, -0.15) is 4.31 Å². The minimum Gasteiger partial charge on any atom is -0.477 e. The number of carbonyl (C=O) groups is 1. The number of aromatic carboxylic acids is 1. The van der Waals surface area contributed by atoms with Crippen LogP contribution in [0.1, 0.15) is 27.0 Å². The van der Waals surface area contributed by atoms with Crippen molar-refractivity contribution in [1.29, 1.82) is 0 Å². The van der Waals surface area contributed by atoms with Gasteiger partial charge >= 0.3 is 5.97 Å². The second-order valence-electron chi connectivity index (χ2n) is 8.98. The third-order valence-electron chi connectivity index (χ3n) is 6.59. The maximum atomic E-state index is 15.2. The first-order valence-corrected chi connectivity index (χ1v) is 12.9. The lowest BCUT2D eigenvalue weighted by molar-refractivity contribution is 0.0694. The van der Waals surface area contributed by atoms with Gasteiger partial charge in [-0.3, -0.25) is 4.79 Å². The van der Waals surface area contributed by atoms with Crippen LogP contribution in [0.3, 0.4) is 0 Å². The summed E-state index contributed by atoms with van der Waals surface area (Å²) >= 11 is 0. The van der Waals surface area contributed by atoms with Crippen molar-refractivity contribution in [3.8, 4) is 11.1 Å². The van der Waals surface area contributed by atoms with Crippen LogP contribution < -0.4 is 5.43 Å². The molecule has 5 rings (SSSR count). The maximum absolute atomic E-state index is 15.2. The smallest absolute Gasteiger partial charge is 0.341 e. The van der Waals surface area contributed by atoms with Crippen LogP contribution in [0, 0.1) is 12.7 Å². The van der Waals surface area contributed by atoms with Crippen LogP contribution in [0.2, 0.25) is 0 Å². The van der Waals surface area contributed by atoms with E-state index in [0.717, 1.165) is 29.0 Å². The van der Waals surface area contributed by atoms with Gasteiger partial charge in [0.1, 0.15) is 18.1 Å². The van der Waals surface area contributed by atoms with Gasteiger partial charge < -0.3 is 9.67 Å².